The Morgan fingerprint density at radius 3 is 1.37 bits per heavy atom. The van der Waals surface area contributed by atoms with Crippen LogP contribution in [0.3, 0.4) is 0 Å². The van der Waals surface area contributed by atoms with E-state index >= 15 is 0 Å². The van der Waals surface area contributed by atoms with E-state index in [0.29, 0.717) is 13.1 Å². The molecule has 1 N–H and O–H groups in total. The molecule has 0 bridgehead atoms. The van der Waals surface area contributed by atoms with E-state index in [0.717, 1.165) is 32.1 Å². The maximum atomic E-state index is 11.4. The van der Waals surface area contributed by atoms with Gasteiger partial charge in [-0.1, -0.05) is 26.7 Å². The van der Waals surface area contributed by atoms with Crippen LogP contribution in [0, 0.1) is 0 Å². The van der Waals surface area contributed by atoms with Crippen molar-refractivity contribution in [2.75, 3.05) is 91.6 Å². The van der Waals surface area contributed by atoms with Gasteiger partial charge in [0.1, 0.15) is 0 Å². The Hall–Kier alpha value is -1.36. The number of hydrogen-bond acceptors (Lipinski definition) is 14. The van der Waals surface area contributed by atoms with Crippen LogP contribution in [0.2, 0.25) is 0 Å². The summed E-state index contributed by atoms with van der Waals surface area (Å²) < 4.78 is 0. The van der Waals surface area contributed by atoms with Crippen LogP contribution in [0.5, 0.6) is 0 Å². The number of carbonyl (C=O) groups excluding carboxylic acids is 4. The molecule has 0 aromatic heterocycles. The van der Waals surface area contributed by atoms with Crippen molar-refractivity contribution < 1.29 is 74.3 Å². The zero-order chi connectivity index (χ0) is 28.8. The van der Waals surface area contributed by atoms with Crippen LogP contribution in [0.1, 0.15) is 39.5 Å². The van der Waals surface area contributed by atoms with Crippen LogP contribution in [-0.4, -0.2) is 157 Å². The first-order valence-electron chi connectivity index (χ1n) is 13.6. The van der Waals surface area contributed by atoms with Gasteiger partial charge in [-0.3, -0.25) is 24.5 Å². The molecule has 14 nitrogen and oxygen atoms in total. The third-order valence-electron chi connectivity index (χ3n) is 7.33. The number of hydrogen-bond donors (Lipinski definition) is 1. The monoisotopic (exact) mass is 594 g/mol. The molecule has 0 amide bonds. The Kier molecular flexibility index (Phi) is 20.6. The van der Waals surface area contributed by atoms with Crippen molar-refractivity contribution in [1.82, 2.24) is 24.5 Å². The summed E-state index contributed by atoms with van der Waals surface area (Å²) in [7, 11) is 0. The molecule has 15 heteroatoms. The van der Waals surface area contributed by atoms with E-state index in [4.69, 9.17) is 0 Å². The second-order valence-corrected chi connectivity index (χ2v) is 10.5. The van der Waals surface area contributed by atoms with Crippen molar-refractivity contribution in [2.24, 2.45) is 0 Å². The first-order valence-corrected chi connectivity index (χ1v) is 13.6. The Bertz CT molecular complexity index is 771. The molecule has 1 aliphatic carbocycles. The number of carboxylic acids is 4. The minimum absolute atomic E-state index is 0. The molecular weight excluding hydrogens is 549 g/mol. The summed E-state index contributed by atoms with van der Waals surface area (Å²) in [4.78, 5) is 53.7. The van der Waals surface area contributed by atoms with Crippen LogP contribution in [-0.2, 0) is 19.2 Å². The number of nitrogens with zero attached hydrogens (tertiary/aromatic N) is 5. The third-order valence-corrected chi connectivity index (χ3v) is 7.33. The van der Waals surface area contributed by atoms with Gasteiger partial charge >= 0.3 is 29.6 Å². The Labute approximate surface area is 265 Å². The van der Waals surface area contributed by atoms with E-state index < -0.39 is 30.0 Å². The van der Waals surface area contributed by atoms with Gasteiger partial charge in [-0.05, 0) is 12.8 Å². The van der Waals surface area contributed by atoms with E-state index in [1.807, 2.05) is 4.90 Å². The average molecular weight is 595 g/mol. The van der Waals surface area contributed by atoms with Gasteiger partial charge in [0, 0.05) is 97.7 Å². The Morgan fingerprint density at radius 2 is 1.02 bits per heavy atom. The molecule has 232 valence electrons. The van der Waals surface area contributed by atoms with E-state index in [1.54, 1.807) is 19.6 Å². The fourth-order valence-corrected chi connectivity index (χ4v) is 5.36. The second kappa shape index (κ2) is 21.3. The summed E-state index contributed by atoms with van der Waals surface area (Å²) in [5.74, 6) is -5.04. The number of carboxylic acid groups (broad SMARTS) is 4. The predicted octanol–water partition coefficient (Wildman–Crippen LogP) is -9.16. The average Bonchev–Trinajstić information content (AvgIpc) is 2.84. The van der Waals surface area contributed by atoms with Crippen molar-refractivity contribution in [3.05, 3.63) is 0 Å². The maximum Gasteiger partial charge on any atom is 1.00 e. The van der Waals surface area contributed by atoms with Crippen molar-refractivity contribution in [3.63, 3.8) is 0 Å². The summed E-state index contributed by atoms with van der Waals surface area (Å²) in [6.07, 6.45) is 3.91. The molecule has 1 aliphatic heterocycles. The van der Waals surface area contributed by atoms with Gasteiger partial charge < -0.3 is 44.7 Å². The van der Waals surface area contributed by atoms with Crippen LogP contribution >= 0.6 is 0 Å². The SMILES string of the molecule is C.O=C([O-])CN1CCN(CC(=O)[O-])CCN(CC(O)CN(CC(=O)[O-])C2CCCCC2)CCN(CC(=O)[O-])CC1.[Na+]. The van der Waals surface area contributed by atoms with Gasteiger partial charge in [0.05, 0.1) is 30.0 Å². The van der Waals surface area contributed by atoms with Crippen molar-refractivity contribution in [3.8, 4) is 0 Å². The van der Waals surface area contributed by atoms with E-state index in [9.17, 15) is 44.7 Å². The third kappa shape index (κ3) is 17.4. The number of aliphatic hydroxyl groups excluding tert-OH is 1. The van der Waals surface area contributed by atoms with Crippen LogP contribution < -0.4 is 50.0 Å². The van der Waals surface area contributed by atoms with Crippen molar-refractivity contribution in [1.29, 1.82) is 0 Å². The molecule has 1 heterocycles. The quantitative estimate of drug-likeness (QED) is 0.197. The molecule has 1 unspecified atom stereocenters. The molecule has 1 atom stereocenters. The molecule has 2 rings (SSSR count). The largest absolute Gasteiger partial charge is 1.00 e. The van der Waals surface area contributed by atoms with E-state index in [1.165, 1.54) is 0 Å². The molecule has 0 aromatic rings. The zero-order valence-electron chi connectivity index (χ0n) is 23.5. The molecule has 1 saturated carbocycles. The Morgan fingerprint density at radius 1 is 0.659 bits per heavy atom. The van der Waals surface area contributed by atoms with Crippen LogP contribution in [0.25, 0.3) is 0 Å². The topological polar surface area (TPSA) is 197 Å². The fourth-order valence-electron chi connectivity index (χ4n) is 5.36. The van der Waals surface area contributed by atoms with Gasteiger partial charge in [0.25, 0.3) is 0 Å². The normalized spacial score (nSPS) is 20.1. The van der Waals surface area contributed by atoms with Crippen molar-refractivity contribution in [2.45, 2.75) is 51.7 Å². The number of carbonyl (C=O) groups is 4. The number of aliphatic hydroxyl groups is 1. The van der Waals surface area contributed by atoms with Gasteiger partial charge in [-0.15, -0.1) is 0 Å². The van der Waals surface area contributed by atoms with Crippen LogP contribution in [0.4, 0.5) is 0 Å². The molecule has 2 fully saturated rings. The van der Waals surface area contributed by atoms with Gasteiger partial charge in [0.15, 0.2) is 0 Å². The fraction of sp³-hybridized carbons (Fsp3) is 0.846. The standard InChI is InChI=1S/C25H45N5O9.CH4.Na/c31-21(15-30(19-25(38)39)20-4-2-1-3-5-20)14-26-6-8-27(16-22(32)33)10-12-29(18-24(36)37)13-11-28(9-7-26)17-23(34)35;;/h20-21,31H,1-19H2,(H,32,33)(H,34,35)(H,36,37)(H,38,39);1H4;/q;;+1/p-4. The number of rotatable bonds is 13. The van der Waals surface area contributed by atoms with Gasteiger partial charge in [-0.2, -0.15) is 0 Å². The summed E-state index contributed by atoms with van der Waals surface area (Å²) in [6.45, 7) is 1.12. The summed E-state index contributed by atoms with van der Waals surface area (Å²) in [6, 6.07) is 0.0543. The minimum atomic E-state index is -1.29. The smallest absolute Gasteiger partial charge is 0.549 e. The van der Waals surface area contributed by atoms with Crippen molar-refractivity contribution >= 4 is 23.9 Å². The first-order chi connectivity index (χ1) is 18.5. The summed E-state index contributed by atoms with van der Waals surface area (Å²) in [5, 5.41) is 56.1. The molecule has 0 aromatic carbocycles. The summed E-state index contributed by atoms with van der Waals surface area (Å²) in [5.41, 5.74) is 0. The van der Waals surface area contributed by atoms with E-state index in [-0.39, 0.29) is 122 Å². The minimum Gasteiger partial charge on any atom is -0.549 e. The molecule has 41 heavy (non-hydrogen) atoms. The summed E-state index contributed by atoms with van der Waals surface area (Å²) >= 11 is 0. The number of aliphatic carboxylic acids is 4. The number of β-amino-alcohol motifs (C(OH)–C–C–N with tert-alkyl or cyclic N) is 1. The van der Waals surface area contributed by atoms with Gasteiger partial charge in [-0.25, -0.2) is 0 Å². The molecule has 1 saturated heterocycles. The molecule has 0 radical (unpaired) electrons. The molecule has 2 aliphatic rings. The molecular formula is C26H45N5NaO9-3. The second-order valence-electron chi connectivity index (χ2n) is 10.5. The Balaban J connectivity index is 0.00000800. The maximum absolute atomic E-state index is 11.4. The van der Waals surface area contributed by atoms with E-state index in [2.05, 4.69) is 0 Å². The predicted molar refractivity (Wildman–Crippen MR) is 137 cm³/mol. The van der Waals surface area contributed by atoms with Crippen LogP contribution in [0.15, 0.2) is 0 Å². The molecule has 0 spiro atoms. The van der Waals surface area contributed by atoms with Gasteiger partial charge in [0.2, 0.25) is 0 Å². The zero-order valence-corrected chi connectivity index (χ0v) is 25.5. The first kappa shape index (κ1) is 39.6.